The average molecular weight is 447 g/mol. The Morgan fingerprint density at radius 3 is 2.58 bits per heavy atom. The van der Waals surface area contributed by atoms with Crippen LogP contribution >= 0.6 is 11.3 Å². The van der Waals surface area contributed by atoms with Crippen molar-refractivity contribution in [2.75, 3.05) is 26.2 Å². The summed E-state index contributed by atoms with van der Waals surface area (Å²) in [7, 11) is 0. The lowest BCUT2D eigenvalue weighted by Gasteiger charge is -2.47. The first-order chi connectivity index (χ1) is 14.9. The largest absolute Gasteiger partial charge is 0.337 e. The summed E-state index contributed by atoms with van der Waals surface area (Å²) in [5, 5.41) is 0. The van der Waals surface area contributed by atoms with Gasteiger partial charge in [0.2, 0.25) is 0 Å². The van der Waals surface area contributed by atoms with Gasteiger partial charge in [-0.15, -0.1) is 11.3 Å². The normalized spacial score (nSPS) is 19.0. The van der Waals surface area contributed by atoms with Gasteiger partial charge in [0, 0.05) is 42.1 Å². The second-order valence-corrected chi connectivity index (χ2v) is 10.2. The maximum atomic E-state index is 14.7. The highest BCUT2D eigenvalue weighted by atomic mass is 32.1. The SMILES string of the molecule is Cc1ccc(C(=O)N2CCCC3(CCN(Cc4ccc(F)c(CC=O)c4F)CC3)C2)s1. The van der Waals surface area contributed by atoms with E-state index in [4.69, 9.17) is 0 Å². The highest BCUT2D eigenvalue weighted by molar-refractivity contribution is 7.13. The van der Waals surface area contributed by atoms with E-state index in [2.05, 4.69) is 4.90 Å². The molecule has 7 heteroatoms. The number of likely N-dealkylation sites (tertiary alicyclic amines) is 2. The Kier molecular flexibility index (Phi) is 6.53. The molecule has 0 radical (unpaired) electrons. The lowest BCUT2D eigenvalue weighted by atomic mass is 9.72. The molecule has 0 N–H and O–H groups in total. The van der Waals surface area contributed by atoms with Gasteiger partial charge in [-0.1, -0.05) is 6.07 Å². The van der Waals surface area contributed by atoms with E-state index in [1.54, 1.807) is 11.3 Å². The van der Waals surface area contributed by atoms with E-state index in [0.29, 0.717) is 18.4 Å². The Hall–Kier alpha value is -2.12. The fraction of sp³-hybridized carbons (Fsp3) is 0.500. The van der Waals surface area contributed by atoms with Crippen LogP contribution in [0.5, 0.6) is 0 Å². The molecule has 1 spiro atoms. The predicted molar refractivity (Wildman–Crippen MR) is 117 cm³/mol. The molecule has 1 aromatic heterocycles. The molecule has 0 atom stereocenters. The number of benzene rings is 1. The second kappa shape index (κ2) is 9.17. The topological polar surface area (TPSA) is 40.6 Å². The van der Waals surface area contributed by atoms with Crippen LogP contribution in [-0.4, -0.2) is 48.2 Å². The summed E-state index contributed by atoms with van der Waals surface area (Å²) in [6, 6.07) is 6.64. The van der Waals surface area contributed by atoms with Crippen molar-refractivity contribution < 1.29 is 18.4 Å². The monoisotopic (exact) mass is 446 g/mol. The average Bonchev–Trinajstić information content (AvgIpc) is 3.20. The number of thiophene rings is 1. The first-order valence-electron chi connectivity index (χ1n) is 10.9. The Morgan fingerprint density at radius 2 is 1.90 bits per heavy atom. The number of halogens is 2. The van der Waals surface area contributed by atoms with E-state index < -0.39 is 11.6 Å². The summed E-state index contributed by atoms with van der Waals surface area (Å²) < 4.78 is 28.5. The number of rotatable bonds is 5. The van der Waals surface area contributed by atoms with Crippen molar-refractivity contribution in [1.29, 1.82) is 0 Å². The third kappa shape index (κ3) is 4.72. The van der Waals surface area contributed by atoms with Crippen LogP contribution in [-0.2, 0) is 17.8 Å². The van der Waals surface area contributed by atoms with Crippen molar-refractivity contribution in [3.05, 3.63) is 56.8 Å². The lowest BCUT2D eigenvalue weighted by Crippen LogP contribution is -2.50. The third-order valence-electron chi connectivity index (χ3n) is 6.76. The van der Waals surface area contributed by atoms with Gasteiger partial charge in [0.25, 0.3) is 5.91 Å². The quantitative estimate of drug-likeness (QED) is 0.631. The number of nitrogens with zero attached hydrogens (tertiary/aromatic N) is 2. The minimum atomic E-state index is -0.668. The molecule has 2 fully saturated rings. The van der Waals surface area contributed by atoms with Gasteiger partial charge in [0.05, 0.1) is 4.88 Å². The number of hydrogen-bond acceptors (Lipinski definition) is 4. The lowest BCUT2D eigenvalue weighted by molar-refractivity contribution is -0.107. The summed E-state index contributed by atoms with van der Waals surface area (Å²) in [6.45, 7) is 5.65. The van der Waals surface area contributed by atoms with Crippen molar-refractivity contribution in [1.82, 2.24) is 9.80 Å². The van der Waals surface area contributed by atoms with Crippen molar-refractivity contribution in [3.63, 3.8) is 0 Å². The van der Waals surface area contributed by atoms with E-state index in [1.165, 1.54) is 12.1 Å². The zero-order chi connectivity index (χ0) is 22.0. The van der Waals surface area contributed by atoms with Crippen LogP contribution in [0.3, 0.4) is 0 Å². The molecule has 1 aromatic carbocycles. The number of carbonyl (C=O) groups is 2. The van der Waals surface area contributed by atoms with Crippen LogP contribution in [0.2, 0.25) is 0 Å². The first kappa shape index (κ1) is 22.1. The number of hydrogen-bond donors (Lipinski definition) is 0. The van der Waals surface area contributed by atoms with Crippen LogP contribution in [0.15, 0.2) is 24.3 Å². The number of aldehydes is 1. The molecule has 0 aliphatic carbocycles. The molecule has 2 aliphatic rings. The molecule has 4 nitrogen and oxygen atoms in total. The molecule has 2 saturated heterocycles. The zero-order valence-corrected chi connectivity index (χ0v) is 18.6. The maximum absolute atomic E-state index is 14.7. The molecule has 2 aromatic rings. The van der Waals surface area contributed by atoms with Gasteiger partial charge in [-0.05, 0) is 69.3 Å². The molecule has 3 heterocycles. The van der Waals surface area contributed by atoms with Gasteiger partial charge in [-0.2, -0.15) is 0 Å². The van der Waals surface area contributed by atoms with Crippen LogP contribution in [0.25, 0.3) is 0 Å². The molecule has 0 unspecified atom stereocenters. The summed E-state index contributed by atoms with van der Waals surface area (Å²) in [6.07, 6.45) is 4.33. The van der Waals surface area contributed by atoms with E-state index in [0.717, 1.165) is 61.6 Å². The van der Waals surface area contributed by atoms with Crippen LogP contribution in [0.4, 0.5) is 8.78 Å². The standard InChI is InChI=1S/C24H28F2N2O2S/c1-17-3-6-21(31-17)23(30)28-11-2-8-24(16-28)9-12-27(13-10-24)15-18-4-5-20(25)19(7-14-29)22(18)26/h3-6,14H,2,7-13,15-16H2,1H3. The molecule has 0 saturated carbocycles. The summed E-state index contributed by atoms with van der Waals surface area (Å²) in [5.74, 6) is -1.14. The molecule has 2 aliphatic heterocycles. The molecule has 4 rings (SSSR count). The van der Waals surface area contributed by atoms with Gasteiger partial charge in [-0.25, -0.2) is 8.78 Å². The van der Waals surface area contributed by atoms with Gasteiger partial charge < -0.3 is 9.69 Å². The maximum Gasteiger partial charge on any atom is 0.263 e. The van der Waals surface area contributed by atoms with Crippen molar-refractivity contribution in [3.8, 4) is 0 Å². The summed E-state index contributed by atoms with van der Waals surface area (Å²) >= 11 is 1.55. The highest BCUT2D eigenvalue weighted by Crippen LogP contribution is 2.40. The number of amides is 1. The number of carbonyl (C=O) groups excluding carboxylic acids is 2. The molecular weight excluding hydrogens is 418 g/mol. The summed E-state index contributed by atoms with van der Waals surface area (Å²) in [5.41, 5.74) is 0.412. The van der Waals surface area contributed by atoms with Gasteiger partial charge >= 0.3 is 0 Å². The minimum Gasteiger partial charge on any atom is -0.337 e. The zero-order valence-electron chi connectivity index (χ0n) is 17.8. The highest BCUT2D eigenvalue weighted by Gasteiger charge is 2.40. The van der Waals surface area contributed by atoms with E-state index in [9.17, 15) is 18.4 Å². The van der Waals surface area contributed by atoms with Crippen molar-refractivity contribution in [2.45, 2.75) is 45.6 Å². The van der Waals surface area contributed by atoms with E-state index in [1.807, 2.05) is 24.0 Å². The smallest absolute Gasteiger partial charge is 0.263 e. The third-order valence-corrected chi connectivity index (χ3v) is 7.75. The fourth-order valence-corrected chi connectivity index (χ4v) is 5.80. The Morgan fingerprint density at radius 1 is 1.13 bits per heavy atom. The van der Waals surface area contributed by atoms with Crippen LogP contribution < -0.4 is 0 Å². The Labute approximate surface area is 185 Å². The molecular formula is C24H28F2N2O2S. The molecule has 0 bridgehead atoms. The molecule has 166 valence electrons. The van der Waals surface area contributed by atoms with Gasteiger partial charge in [0.1, 0.15) is 17.9 Å². The van der Waals surface area contributed by atoms with Gasteiger partial charge in [-0.3, -0.25) is 9.69 Å². The van der Waals surface area contributed by atoms with E-state index >= 15 is 0 Å². The molecule has 1 amide bonds. The Balaban J connectivity index is 1.38. The van der Waals surface area contributed by atoms with Crippen molar-refractivity contribution in [2.24, 2.45) is 5.41 Å². The number of piperidine rings is 2. The van der Waals surface area contributed by atoms with Crippen LogP contribution in [0, 0.1) is 24.0 Å². The molecule has 31 heavy (non-hydrogen) atoms. The second-order valence-electron chi connectivity index (χ2n) is 8.89. The number of aryl methyl sites for hydroxylation is 1. The first-order valence-corrected chi connectivity index (χ1v) is 11.7. The Bertz CT molecular complexity index is 966. The van der Waals surface area contributed by atoms with Crippen molar-refractivity contribution >= 4 is 23.5 Å². The van der Waals surface area contributed by atoms with Crippen LogP contribution in [0.1, 0.15) is 51.4 Å². The predicted octanol–water partition coefficient (Wildman–Crippen LogP) is 4.59. The minimum absolute atomic E-state index is 0.126. The fourth-order valence-electron chi connectivity index (χ4n) is 4.96. The van der Waals surface area contributed by atoms with E-state index in [-0.39, 0.29) is 23.3 Å². The van der Waals surface area contributed by atoms with Gasteiger partial charge in [0.15, 0.2) is 0 Å². The summed E-state index contributed by atoms with van der Waals surface area (Å²) in [4.78, 5) is 29.8.